The summed E-state index contributed by atoms with van der Waals surface area (Å²) in [6, 6.07) is -0.422. The summed E-state index contributed by atoms with van der Waals surface area (Å²) >= 11 is 0. The van der Waals surface area contributed by atoms with E-state index < -0.39 is 18.0 Å². The van der Waals surface area contributed by atoms with E-state index >= 15 is 0 Å². The van der Waals surface area contributed by atoms with E-state index in [-0.39, 0.29) is 25.9 Å². The van der Waals surface area contributed by atoms with Crippen molar-refractivity contribution in [2.24, 2.45) is 0 Å². The average Bonchev–Trinajstić information content (AvgIpc) is 2.24. The van der Waals surface area contributed by atoms with Crippen molar-refractivity contribution in [1.29, 1.82) is 0 Å². The van der Waals surface area contributed by atoms with E-state index in [1.165, 1.54) is 7.11 Å². The summed E-state index contributed by atoms with van der Waals surface area (Å²) < 4.78 is 4.38. The lowest BCUT2D eigenvalue weighted by molar-refractivity contribution is -0.140. The molecule has 0 fully saturated rings. The molecular formula is C9H16N2O5. The Balaban J connectivity index is 3.38. The monoisotopic (exact) mass is 232 g/mol. The lowest BCUT2D eigenvalue weighted by Crippen LogP contribution is -2.37. The van der Waals surface area contributed by atoms with Crippen molar-refractivity contribution in [3.63, 3.8) is 0 Å². The number of hydrogen-bond acceptors (Lipinski definition) is 4. The number of ether oxygens (including phenoxy) is 1. The summed E-state index contributed by atoms with van der Waals surface area (Å²) in [6.07, 6.45) is 0.501. The number of esters is 1. The van der Waals surface area contributed by atoms with Gasteiger partial charge in [-0.15, -0.1) is 0 Å². The second kappa shape index (κ2) is 8.51. The molecule has 0 radical (unpaired) electrons. The Kier molecular flexibility index (Phi) is 7.56. The van der Waals surface area contributed by atoms with Crippen LogP contribution in [-0.4, -0.2) is 43.3 Å². The molecule has 0 aliphatic carbocycles. The zero-order valence-electron chi connectivity index (χ0n) is 9.12. The highest BCUT2D eigenvalue weighted by Gasteiger charge is 2.03. The van der Waals surface area contributed by atoms with Gasteiger partial charge in [0.05, 0.1) is 13.5 Å². The quantitative estimate of drug-likeness (QED) is 0.413. The van der Waals surface area contributed by atoms with Crippen LogP contribution in [0.3, 0.4) is 0 Å². The molecule has 0 spiro atoms. The van der Waals surface area contributed by atoms with Gasteiger partial charge in [0.15, 0.2) is 0 Å². The third-order valence-electron chi connectivity index (χ3n) is 1.70. The normalized spacial score (nSPS) is 9.31. The average molecular weight is 232 g/mol. The largest absolute Gasteiger partial charge is 0.481 e. The number of urea groups is 1. The zero-order valence-corrected chi connectivity index (χ0v) is 9.12. The van der Waals surface area contributed by atoms with Crippen LogP contribution in [0.15, 0.2) is 0 Å². The van der Waals surface area contributed by atoms with Crippen LogP contribution in [0.4, 0.5) is 4.79 Å². The Morgan fingerprint density at radius 3 is 2.31 bits per heavy atom. The molecule has 3 N–H and O–H groups in total. The predicted octanol–water partition coefficient (Wildman–Crippen LogP) is -0.286. The van der Waals surface area contributed by atoms with Crippen molar-refractivity contribution in [2.45, 2.75) is 19.3 Å². The van der Waals surface area contributed by atoms with Crippen molar-refractivity contribution in [3.05, 3.63) is 0 Å². The van der Waals surface area contributed by atoms with E-state index in [0.29, 0.717) is 6.42 Å². The predicted molar refractivity (Wildman–Crippen MR) is 54.9 cm³/mol. The topological polar surface area (TPSA) is 105 Å². The number of carbonyl (C=O) groups is 3. The highest BCUT2D eigenvalue weighted by Crippen LogP contribution is 1.86. The number of carboxylic acid groups (broad SMARTS) is 1. The van der Waals surface area contributed by atoms with E-state index in [9.17, 15) is 14.4 Å². The molecule has 7 heteroatoms. The molecule has 0 aliphatic rings. The van der Waals surface area contributed by atoms with E-state index in [0.717, 1.165) is 0 Å². The van der Waals surface area contributed by atoms with Gasteiger partial charge in [-0.1, -0.05) is 0 Å². The smallest absolute Gasteiger partial charge is 0.314 e. The first-order chi connectivity index (χ1) is 7.56. The number of aliphatic carboxylic acids is 1. The van der Waals surface area contributed by atoms with Crippen LogP contribution < -0.4 is 10.6 Å². The minimum absolute atomic E-state index is 0.0163. The lowest BCUT2D eigenvalue weighted by atomic mass is 10.3. The minimum atomic E-state index is -0.895. The van der Waals surface area contributed by atoms with Crippen molar-refractivity contribution < 1.29 is 24.2 Å². The second-order valence-electron chi connectivity index (χ2n) is 3.01. The standard InChI is InChI=1S/C9H16N2O5/c1-16-8(14)4-6-11-9(15)10-5-2-3-7(12)13/h2-6H2,1H3,(H,12,13)(H2,10,11,15). The molecule has 0 rings (SSSR count). The Bertz CT molecular complexity index is 254. The first-order valence-electron chi connectivity index (χ1n) is 4.86. The number of rotatable bonds is 7. The molecule has 2 amide bonds. The van der Waals surface area contributed by atoms with E-state index in [2.05, 4.69) is 15.4 Å². The molecule has 0 heterocycles. The van der Waals surface area contributed by atoms with Gasteiger partial charge in [-0.3, -0.25) is 9.59 Å². The van der Waals surface area contributed by atoms with Crippen LogP contribution in [0.1, 0.15) is 19.3 Å². The number of hydrogen-bond donors (Lipinski definition) is 3. The molecule has 0 saturated heterocycles. The molecule has 7 nitrogen and oxygen atoms in total. The van der Waals surface area contributed by atoms with E-state index in [1.54, 1.807) is 0 Å². The van der Waals surface area contributed by atoms with Gasteiger partial charge in [-0.25, -0.2) is 4.79 Å². The molecule has 0 unspecified atom stereocenters. The highest BCUT2D eigenvalue weighted by atomic mass is 16.5. The van der Waals surface area contributed by atoms with Crippen LogP contribution in [0, 0.1) is 0 Å². The Hall–Kier alpha value is -1.79. The lowest BCUT2D eigenvalue weighted by Gasteiger charge is -2.05. The fraction of sp³-hybridized carbons (Fsp3) is 0.667. The summed E-state index contributed by atoms with van der Waals surface area (Å²) in [5.41, 5.74) is 0. The Morgan fingerprint density at radius 2 is 1.75 bits per heavy atom. The summed E-state index contributed by atoms with van der Waals surface area (Å²) in [4.78, 5) is 31.8. The first-order valence-corrected chi connectivity index (χ1v) is 4.86. The number of carboxylic acids is 1. The minimum Gasteiger partial charge on any atom is -0.481 e. The molecule has 0 bridgehead atoms. The van der Waals surface area contributed by atoms with E-state index in [4.69, 9.17) is 5.11 Å². The van der Waals surface area contributed by atoms with Crippen LogP contribution in [0.25, 0.3) is 0 Å². The Labute approximate surface area is 93.2 Å². The van der Waals surface area contributed by atoms with Gasteiger partial charge in [0, 0.05) is 19.5 Å². The van der Waals surface area contributed by atoms with Crippen molar-refractivity contribution >= 4 is 18.0 Å². The second-order valence-corrected chi connectivity index (χ2v) is 3.01. The van der Waals surface area contributed by atoms with Gasteiger partial charge in [0.25, 0.3) is 0 Å². The van der Waals surface area contributed by atoms with Crippen molar-refractivity contribution in [1.82, 2.24) is 10.6 Å². The maximum atomic E-state index is 11.0. The third-order valence-corrected chi connectivity index (χ3v) is 1.70. The maximum absolute atomic E-state index is 11.0. The third kappa shape index (κ3) is 8.79. The number of nitrogens with one attached hydrogen (secondary N) is 2. The summed E-state index contributed by atoms with van der Waals surface area (Å²) in [5.74, 6) is -1.29. The zero-order chi connectivity index (χ0) is 12.4. The molecule has 0 aromatic rings. The van der Waals surface area contributed by atoms with Gasteiger partial charge in [-0.05, 0) is 6.42 Å². The molecule has 92 valence electrons. The van der Waals surface area contributed by atoms with Crippen LogP contribution in [0.5, 0.6) is 0 Å². The molecule has 0 aliphatic heterocycles. The van der Waals surface area contributed by atoms with Gasteiger partial charge in [-0.2, -0.15) is 0 Å². The molecule has 0 aromatic heterocycles. The summed E-state index contributed by atoms with van der Waals surface area (Å²) in [5, 5.41) is 13.2. The number of carbonyl (C=O) groups excluding carboxylic acids is 2. The van der Waals surface area contributed by atoms with Gasteiger partial charge in [0.1, 0.15) is 0 Å². The van der Waals surface area contributed by atoms with Gasteiger partial charge < -0.3 is 20.5 Å². The van der Waals surface area contributed by atoms with Crippen molar-refractivity contribution in [3.8, 4) is 0 Å². The summed E-state index contributed by atoms with van der Waals surface area (Å²) in [6.45, 7) is 0.480. The van der Waals surface area contributed by atoms with Gasteiger partial charge >= 0.3 is 18.0 Å². The van der Waals surface area contributed by atoms with Crippen molar-refractivity contribution in [2.75, 3.05) is 20.2 Å². The van der Waals surface area contributed by atoms with Crippen LogP contribution >= 0.6 is 0 Å². The number of methoxy groups -OCH3 is 1. The van der Waals surface area contributed by atoms with E-state index in [1.807, 2.05) is 0 Å². The number of amides is 2. The molecule has 16 heavy (non-hydrogen) atoms. The van der Waals surface area contributed by atoms with Crippen LogP contribution in [0.2, 0.25) is 0 Å². The fourth-order valence-corrected chi connectivity index (χ4v) is 0.884. The highest BCUT2D eigenvalue weighted by molar-refractivity contribution is 5.75. The SMILES string of the molecule is COC(=O)CCNC(=O)NCCCC(=O)O. The molecule has 0 saturated carbocycles. The molecule has 0 atom stereocenters. The maximum Gasteiger partial charge on any atom is 0.314 e. The Morgan fingerprint density at radius 1 is 1.12 bits per heavy atom. The fourth-order valence-electron chi connectivity index (χ4n) is 0.884. The molecule has 0 aromatic carbocycles. The first kappa shape index (κ1) is 14.2. The molecular weight excluding hydrogens is 216 g/mol. The van der Waals surface area contributed by atoms with Crippen LogP contribution in [-0.2, 0) is 14.3 Å². The van der Waals surface area contributed by atoms with Gasteiger partial charge in [0.2, 0.25) is 0 Å². The summed E-state index contributed by atoms with van der Waals surface area (Å²) in [7, 11) is 1.27.